The van der Waals surface area contributed by atoms with Gasteiger partial charge in [0.2, 0.25) is 17.2 Å². The van der Waals surface area contributed by atoms with Gasteiger partial charge in [0.05, 0.1) is 6.10 Å². The molecule has 0 bridgehead atoms. The van der Waals surface area contributed by atoms with Crippen LogP contribution in [0.1, 0.15) is 34.1 Å². The number of hydrogen-bond acceptors (Lipinski definition) is 6. The third-order valence-electron chi connectivity index (χ3n) is 4.16. The van der Waals surface area contributed by atoms with Gasteiger partial charge in [-0.2, -0.15) is 15.0 Å². The fourth-order valence-corrected chi connectivity index (χ4v) is 2.51. The molecule has 1 aromatic heterocycles. The summed E-state index contributed by atoms with van der Waals surface area (Å²) in [5.74, 6) is 1.05. The highest BCUT2D eigenvalue weighted by Gasteiger charge is 2.47. The zero-order valence-corrected chi connectivity index (χ0v) is 13.1. The van der Waals surface area contributed by atoms with E-state index in [0.29, 0.717) is 18.3 Å². The van der Waals surface area contributed by atoms with Crippen molar-refractivity contribution in [1.82, 2.24) is 15.0 Å². The lowest BCUT2D eigenvalue weighted by molar-refractivity contribution is -0.0512. The summed E-state index contributed by atoms with van der Waals surface area (Å²) in [5.41, 5.74) is -0.186. The molecule has 0 saturated heterocycles. The Balaban J connectivity index is 2.17. The second kappa shape index (κ2) is 5.69. The van der Waals surface area contributed by atoms with Gasteiger partial charge in [-0.25, -0.2) is 0 Å². The minimum Gasteiger partial charge on any atom is -0.392 e. The molecule has 1 aliphatic rings. The van der Waals surface area contributed by atoms with Crippen LogP contribution in [-0.4, -0.2) is 45.3 Å². The average Bonchev–Trinajstić information content (AvgIpc) is 2.39. The number of rotatable bonds is 5. The molecule has 7 heteroatoms. The molecule has 2 unspecified atom stereocenters. The summed E-state index contributed by atoms with van der Waals surface area (Å²) < 4.78 is 0. The van der Waals surface area contributed by atoms with Crippen molar-refractivity contribution in [3.63, 3.8) is 0 Å². The van der Waals surface area contributed by atoms with Crippen LogP contribution in [0.15, 0.2) is 0 Å². The molecule has 1 saturated carbocycles. The molecule has 1 aromatic rings. The van der Waals surface area contributed by atoms with E-state index < -0.39 is 0 Å². The third-order valence-corrected chi connectivity index (χ3v) is 4.33. The highest BCUT2D eigenvalue weighted by molar-refractivity contribution is 6.28. The lowest BCUT2D eigenvalue weighted by Gasteiger charge is -2.49. The second-order valence-corrected chi connectivity index (χ2v) is 6.01. The number of aliphatic hydroxyl groups is 1. The van der Waals surface area contributed by atoms with Gasteiger partial charge in [0.1, 0.15) is 0 Å². The number of halogens is 1. The molecule has 0 spiro atoms. The third kappa shape index (κ3) is 2.81. The van der Waals surface area contributed by atoms with Crippen LogP contribution >= 0.6 is 11.6 Å². The Bertz CT molecular complexity index is 478. The number of anilines is 2. The van der Waals surface area contributed by atoms with Gasteiger partial charge in [0.15, 0.2) is 0 Å². The van der Waals surface area contributed by atoms with Gasteiger partial charge in [-0.1, -0.05) is 13.8 Å². The zero-order valence-electron chi connectivity index (χ0n) is 12.4. The highest BCUT2D eigenvalue weighted by Crippen LogP contribution is 2.41. The van der Waals surface area contributed by atoms with Gasteiger partial charge < -0.3 is 15.3 Å². The monoisotopic (exact) mass is 299 g/mol. The van der Waals surface area contributed by atoms with E-state index in [4.69, 9.17) is 11.6 Å². The Labute approximate surface area is 124 Å². The quantitative estimate of drug-likeness (QED) is 0.865. The average molecular weight is 300 g/mol. The summed E-state index contributed by atoms with van der Waals surface area (Å²) in [6.45, 7) is 9.74. The molecular formula is C13H22ClN5O. The Hall–Kier alpha value is -1.14. The number of nitrogens with one attached hydrogen (secondary N) is 1. The fourth-order valence-electron chi connectivity index (χ4n) is 2.36. The molecule has 0 aliphatic heterocycles. The van der Waals surface area contributed by atoms with Crippen molar-refractivity contribution in [2.24, 2.45) is 5.41 Å². The van der Waals surface area contributed by atoms with Crippen molar-refractivity contribution >= 4 is 23.5 Å². The maximum atomic E-state index is 9.77. The predicted octanol–water partition coefficient (Wildman–Crippen LogP) is 1.94. The molecule has 20 heavy (non-hydrogen) atoms. The minimum absolute atomic E-state index is 0.139. The normalized spacial score (nSPS) is 24.1. The summed E-state index contributed by atoms with van der Waals surface area (Å²) in [7, 11) is 0. The van der Waals surface area contributed by atoms with Crippen molar-refractivity contribution in [2.45, 2.75) is 46.3 Å². The van der Waals surface area contributed by atoms with E-state index in [1.165, 1.54) is 0 Å². The molecule has 1 fully saturated rings. The Kier molecular flexibility index (Phi) is 4.34. The molecule has 2 rings (SSSR count). The Morgan fingerprint density at radius 2 is 1.95 bits per heavy atom. The summed E-state index contributed by atoms with van der Waals surface area (Å²) in [4.78, 5) is 14.7. The van der Waals surface area contributed by atoms with Crippen molar-refractivity contribution in [3.8, 4) is 0 Å². The first-order valence-corrected chi connectivity index (χ1v) is 7.37. The molecule has 2 atom stereocenters. The molecule has 0 radical (unpaired) electrons. The first-order valence-electron chi connectivity index (χ1n) is 6.99. The maximum absolute atomic E-state index is 9.77. The van der Waals surface area contributed by atoms with Crippen LogP contribution in [0.4, 0.5) is 11.9 Å². The fraction of sp³-hybridized carbons (Fsp3) is 0.769. The number of aliphatic hydroxyl groups excluding tert-OH is 1. The van der Waals surface area contributed by atoms with Gasteiger partial charge in [-0.05, 0) is 31.9 Å². The molecule has 0 amide bonds. The minimum atomic E-state index is -0.292. The van der Waals surface area contributed by atoms with Crippen molar-refractivity contribution in [2.75, 3.05) is 23.3 Å². The van der Waals surface area contributed by atoms with Gasteiger partial charge in [0.25, 0.3) is 0 Å². The van der Waals surface area contributed by atoms with E-state index in [-0.39, 0.29) is 22.8 Å². The van der Waals surface area contributed by atoms with Crippen LogP contribution < -0.4 is 10.2 Å². The van der Waals surface area contributed by atoms with Crippen LogP contribution in [0, 0.1) is 5.41 Å². The van der Waals surface area contributed by atoms with Gasteiger partial charge in [-0.3, -0.25) is 0 Å². The summed E-state index contributed by atoms with van der Waals surface area (Å²) in [5, 5.41) is 13.2. The summed E-state index contributed by atoms with van der Waals surface area (Å²) >= 11 is 5.97. The molecule has 112 valence electrons. The summed E-state index contributed by atoms with van der Waals surface area (Å²) in [6, 6.07) is 0.139. The second-order valence-electron chi connectivity index (χ2n) is 5.67. The van der Waals surface area contributed by atoms with Gasteiger partial charge in [-0.15, -0.1) is 0 Å². The number of hydrogen-bond donors (Lipinski definition) is 2. The first kappa shape index (κ1) is 15.3. The topological polar surface area (TPSA) is 74.2 Å². The van der Waals surface area contributed by atoms with Gasteiger partial charge >= 0.3 is 0 Å². The van der Waals surface area contributed by atoms with E-state index in [1.54, 1.807) is 0 Å². The van der Waals surface area contributed by atoms with Crippen LogP contribution in [0.2, 0.25) is 5.28 Å². The van der Waals surface area contributed by atoms with Gasteiger partial charge in [0, 0.05) is 24.5 Å². The van der Waals surface area contributed by atoms with Crippen molar-refractivity contribution < 1.29 is 5.11 Å². The van der Waals surface area contributed by atoms with Crippen LogP contribution in [0.5, 0.6) is 0 Å². The molecule has 6 nitrogen and oxygen atoms in total. The van der Waals surface area contributed by atoms with E-state index >= 15 is 0 Å². The van der Waals surface area contributed by atoms with E-state index in [1.807, 2.05) is 32.6 Å². The van der Waals surface area contributed by atoms with Crippen LogP contribution in [0.3, 0.4) is 0 Å². The standard InChI is InChI=1S/C13H22ClN5O/c1-5-19(6-2)12-17-10(14)16-11(18-12)15-8-7-9(20)13(8,3)4/h8-9,20H,5-7H2,1-4H3,(H,15,16,17,18). The molecule has 0 aromatic carbocycles. The zero-order chi connectivity index (χ0) is 14.9. The van der Waals surface area contributed by atoms with Crippen LogP contribution in [-0.2, 0) is 0 Å². The summed E-state index contributed by atoms with van der Waals surface area (Å²) in [6.07, 6.45) is 0.399. The molecule has 1 heterocycles. The highest BCUT2D eigenvalue weighted by atomic mass is 35.5. The SMILES string of the molecule is CCN(CC)c1nc(Cl)nc(NC2CC(O)C2(C)C)n1. The Morgan fingerprint density at radius 1 is 1.30 bits per heavy atom. The maximum Gasteiger partial charge on any atom is 0.231 e. The molecule has 2 N–H and O–H groups in total. The van der Waals surface area contributed by atoms with Crippen LogP contribution in [0.25, 0.3) is 0 Å². The number of aromatic nitrogens is 3. The van der Waals surface area contributed by atoms with E-state index in [9.17, 15) is 5.11 Å². The van der Waals surface area contributed by atoms with Crippen molar-refractivity contribution in [3.05, 3.63) is 5.28 Å². The molecule has 1 aliphatic carbocycles. The smallest absolute Gasteiger partial charge is 0.231 e. The Morgan fingerprint density at radius 3 is 2.45 bits per heavy atom. The first-order chi connectivity index (χ1) is 9.38. The van der Waals surface area contributed by atoms with Crippen molar-refractivity contribution in [1.29, 1.82) is 0 Å². The lowest BCUT2D eigenvalue weighted by Crippen LogP contribution is -2.57. The molecular weight excluding hydrogens is 278 g/mol. The van der Waals surface area contributed by atoms with E-state index in [2.05, 4.69) is 20.3 Å². The lowest BCUT2D eigenvalue weighted by atomic mass is 9.65. The predicted molar refractivity (Wildman–Crippen MR) is 80.2 cm³/mol. The number of nitrogens with zero attached hydrogens (tertiary/aromatic N) is 4. The van der Waals surface area contributed by atoms with E-state index in [0.717, 1.165) is 13.1 Å². The largest absolute Gasteiger partial charge is 0.392 e.